The van der Waals surface area contributed by atoms with Crippen LogP contribution < -0.4 is 30.5 Å². The quantitative estimate of drug-likeness (QED) is 0.138. The fraction of sp³-hybridized carbons (Fsp3) is 0.452. The van der Waals surface area contributed by atoms with Crippen LogP contribution in [0.3, 0.4) is 0 Å². The van der Waals surface area contributed by atoms with Crippen LogP contribution in [0, 0.1) is 11.3 Å². The first-order valence-corrected chi connectivity index (χ1v) is 20.6. The first-order valence-electron chi connectivity index (χ1n) is 19.8. The normalized spacial score (nSPS) is 21.1. The van der Waals surface area contributed by atoms with Gasteiger partial charge in [-0.2, -0.15) is 18.4 Å². The molecular formula is C42H47ClF3N9O5S. The highest BCUT2D eigenvalue weighted by atomic mass is 35.5. The molecule has 2 aromatic carbocycles. The number of pyridine rings is 1. The van der Waals surface area contributed by atoms with Gasteiger partial charge in [0.25, 0.3) is 5.91 Å². The Morgan fingerprint density at radius 2 is 1.75 bits per heavy atom. The van der Waals surface area contributed by atoms with Crippen LogP contribution >= 0.6 is 23.8 Å². The summed E-state index contributed by atoms with van der Waals surface area (Å²) in [5.74, 6) is -1.15. The maximum absolute atomic E-state index is 13.8. The Morgan fingerprint density at radius 1 is 1.07 bits per heavy atom. The smallest absolute Gasteiger partial charge is 0.417 e. The zero-order valence-electron chi connectivity index (χ0n) is 34.5. The van der Waals surface area contributed by atoms with Crippen molar-refractivity contribution in [2.75, 3.05) is 53.2 Å². The van der Waals surface area contributed by atoms with Gasteiger partial charge in [0.05, 0.1) is 41.3 Å². The van der Waals surface area contributed by atoms with E-state index in [0.29, 0.717) is 60.6 Å². The van der Waals surface area contributed by atoms with E-state index >= 15 is 0 Å². The van der Waals surface area contributed by atoms with E-state index in [4.69, 9.17) is 28.6 Å². The summed E-state index contributed by atoms with van der Waals surface area (Å²) in [6, 6.07) is 10.9. The summed E-state index contributed by atoms with van der Waals surface area (Å²) < 4.78 is 47.7. The predicted molar refractivity (Wildman–Crippen MR) is 229 cm³/mol. The molecule has 0 spiro atoms. The van der Waals surface area contributed by atoms with Crippen molar-refractivity contribution in [1.82, 2.24) is 20.1 Å². The van der Waals surface area contributed by atoms with Crippen LogP contribution in [0.1, 0.15) is 77.0 Å². The fourth-order valence-electron chi connectivity index (χ4n) is 7.80. The van der Waals surface area contributed by atoms with Crippen molar-refractivity contribution < 1.29 is 37.1 Å². The standard InChI is InChI=1S/C42H47ClF3N9O5S/c1-23(2)32-16-31(55-40(61)54(39(59)41(55,5)6)30-8-7-26(18-47)33(17-30)42(44,45)46)19-48-38(32)60-12-11-52-20-25(4)53(21-24(52)3)22-36(57)50-29-14-27(43)13-28(15-29)49-34-9-10-35(56)51-37(34)58/h7-8,13-17,19,23-25,34,49H,9-12,20-22H2,1-6H3,(H,50,57)(H,51,56,58)/t24-,25-,34?/m1/s1. The van der Waals surface area contributed by atoms with E-state index in [1.165, 1.54) is 12.3 Å². The maximum atomic E-state index is 13.8. The van der Waals surface area contributed by atoms with Crippen LogP contribution in [0.25, 0.3) is 0 Å². The molecule has 0 bridgehead atoms. The van der Waals surface area contributed by atoms with Crippen LogP contribution in [0.15, 0.2) is 48.7 Å². The van der Waals surface area contributed by atoms with Gasteiger partial charge in [0.1, 0.15) is 18.2 Å². The molecular weight excluding hydrogens is 835 g/mol. The first-order chi connectivity index (χ1) is 28.7. The zero-order valence-corrected chi connectivity index (χ0v) is 36.1. The minimum absolute atomic E-state index is 0.0318. The van der Waals surface area contributed by atoms with E-state index in [-0.39, 0.29) is 53.6 Å². The summed E-state index contributed by atoms with van der Waals surface area (Å²) in [6.45, 7) is 13.7. The third-order valence-electron chi connectivity index (χ3n) is 11.1. The molecule has 14 nitrogen and oxygen atoms in total. The van der Waals surface area contributed by atoms with Crippen molar-refractivity contribution in [3.8, 4) is 11.9 Å². The molecule has 3 aromatic rings. The largest absolute Gasteiger partial charge is 0.476 e. The lowest BCUT2D eigenvalue weighted by Crippen LogP contribution is -2.58. The molecule has 0 saturated carbocycles. The third kappa shape index (κ3) is 9.91. The molecule has 4 heterocycles. The highest BCUT2D eigenvalue weighted by Gasteiger charge is 2.51. The van der Waals surface area contributed by atoms with Crippen molar-refractivity contribution in [3.63, 3.8) is 0 Å². The maximum Gasteiger partial charge on any atom is 0.417 e. The Hall–Kier alpha value is -5.35. The van der Waals surface area contributed by atoms with Gasteiger partial charge in [-0.3, -0.25) is 39.2 Å². The van der Waals surface area contributed by atoms with Gasteiger partial charge in [-0.15, -0.1) is 0 Å². The van der Waals surface area contributed by atoms with Gasteiger partial charge >= 0.3 is 6.18 Å². The number of hydrogen-bond acceptors (Lipinski definition) is 11. The summed E-state index contributed by atoms with van der Waals surface area (Å²) in [5, 5.41) is 17.9. The van der Waals surface area contributed by atoms with Gasteiger partial charge in [0, 0.05) is 60.1 Å². The third-order valence-corrected chi connectivity index (χ3v) is 11.7. The number of hydrogen-bond donors (Lipinski definition) is 3. The number of carbonyl (C=O) groups is 4. The second kappa shape index (κ2) is 17.9. The fourth-order valence-corrected chi connectivity index (χ4v) is 8.55. The Bertz CT molecular complexity index is 2290. The van der Waals surface area contributed by atoms with Gasteiger partial charge in [0.2, 0.25) is 23.6 Å². The SMILES string of the molecule is CC(C)c1cc(N2C(=S)N(c3ccc(C#N)c(C(F)(F)F)c3)C(=O)C2(C)C)cnc1OCCN1C[C@@H](C)N(CC(=O)Nc2cc(Cl)cc(NC3CCC(=O)NC3=O)c2)C[C@H]1C. The second-order valence-electron chi connectivity index (χ2n) is 16.3. The number of rotatable bonds is 12. The number of piperazine rings is 1. The number of alkyl halides is 3. The van der Waals surface area contributed by atoms with E-state index in [9.17, 15) is 37.6 Å². The summed E-state index contributed by atoms with van der Waals surface area (Å²) in [5.41, 5.74) is -0.883. The van der Waals surface area contributed by atoms with Crippen LogP contribution in [-0.2, 0) is 25.4 Å². The molecule has 19 heteroatoms. The van der Waals surface area contributed by atoms with E-state index < -0.39 is 40.7 Å². The summed E-state index contributed by atoms with van der Waals surface area (Å²) in [4.78, 5) is 62.4. The number of benzene rings is 2. The lowest BCUT2D eigenvalue weighted by molar-refractivity contribution is -0.138. The number of anilines is 4. The summed E-state index contributed by atoms with van der Waals surface area (Å²) in [7, 11) is 0. The van der Waals surface area contributed by atoms with E-state index in [1.54, 1.807) is 43.0 Å². The van der Waals surface area contributed by atoms with Gasteiger partial charge in [-0.25, -0.2) is 4.98 Å². The van der Waals surface area contributed by atoms with Gasteiger partial charge in [-0.1, -0.05) is 25.4 Å². The molecule has 1 unspecified atom stereocenters. The van der Waals surface area contributed by atoms with Crippen molar-refractivity contribution >= 4 is 75.3 Å². The van der Waals surface area contributed by atoms with Gasteiger partial charge in [0.15, 0.2) is 5.11 Å². The van der Waals surface area contributed by atoms with Crippen LogP contribution in [0.2, 0.25) is 5.02 Å². The number of nitrogens with zero attached hydrogens (tertiary/aromatic N) is 6. The number of thiocarbonyl (C=S) groups is 1. The number of amides is 4. The minimum Gasteiger partial charge on any atom is -0.476 e. The average Bonchev–Trinajstić information content (AvgIpc) is 3.35. The van der Waals surface area contributed by atoms with Crippen LogP contribution in [0.4, 0.5) is 35.9 Å². The molecule has 6 rings (SSSR count). The van der Waals surface area contributed by atoms with Crippen LogP contribution in [0.5, 0.6) is 5.88 Å². The van der Waals surface area contributed by atoms with Crippen molar-refractivity contribution in [2.45, 2.75) is 90.1 Å². The number of ether oxygens (including phenoxy) is 1. The number of nitriles is 1. The molecule has 1 aromatic heterocycles. The Labute approximate surface area is 362 Å². The number of imide groups is 1. The Balaban J connectivity index is 1.06. The zero-order chi connectivity index (χ0) is 44.6. The highest BCUT2D eigenvalue weighted by Crippen LogP contribution is 2.41. The molecule has 3 aliphatic heterocycles. The van der Waals surface area contributed by atoms with Crippen molar-refractivity contribution in [3.05, 3.63) is 70.4 Å². The van der Waals surface area contributed by atoms with E-state index in [2.05, 4.69) is 44.6 Å². The Kier molecular flexibility index (Phi) is 13.3. The number of halogens is 4. The number of nitrogens with one attached hydrogen (secondary N) is 3. The molecule has 3 fully saturated rings. The summed E-state index contributed by atoms with van der Waals surface area (Å²) >= 11 is 12.1. The second-order valence-corrected chi connectivity index (χ2v) is 17.1. The lowest BCUT2D eigenvalue weighted by atomic mass is 10.0. The monoisotopic (exact) mass is 881 g/mol. The molecule has 3 atom stereocenters. The predicted octanol–water partition coefficient (Wildman–Crippen LogP) is 6.29. The van der Waals surface area contributed by atoms with Gasteiger partial charge < -0.3 is 20.3 Å². The molecule has 324 valence electrons. The molecule has 3 saturated heterocycles. The molecule has 61 heavy (non-hydrogen) atoms. The molecule has 0 radical (unpaired) electrons. The lowest BCUT2D eigenvalue weighted by Gasteiger charge is -2.43. The molecule has 3 aliphatic rings. The van der Waals surface area contributed by atoms with Gasteiger partial charge in [-0.05, 0) is 94.7 Å². The minimum atomic E-state index is -4.82. The highest BCUT2D eigenvalue weighted by molar-refractivity contribution is 7.81. The van der Waals surface area contributed by atoms with E-state index in [1.807, 2.05) is 19.9 Å². The van der Waals surface area contributed by atoms with Crippen molar-refractivity contribution in [1.29, 1.82) is 5.26 Å². The average molecular weight is 882 g/mol. The van der Waals surface area contributed by atoms with Crippen LogP contribution in [-0.4, -0.2) is 100.0 Å². The number of piperidine rings is 1. The van der Waals surface area contributed by atoms with Crippen molar-refractivity contribution in [2.24, 2.45) is 0 Å². The van der Waals surface area contributed by atoms with E-state index in [0.717, 1.165) is 22.6 Å². The number of carbonyl (C=O) groups excluding carboxylic acids is 4. The molecule has 0 aliphatic carbocycles. The Morgan fingerprint density at radius 3 is 2.43 bits per heavy atom. The first kappa shape index (κ1) is 45.2. The molecule has 4 amide bonds. The number of aromatic nitrogens is 1. The summed E-state index contributed by atoms with van der Waals surface area (Å²) in [6.07, 6.45) is -2.72. The topological polar surface area (TPSA) is 163 Å². The molecule has 3 N–H and O–H groups in total.